The summed E-state index contributed by atoms with van der Waals surface area (Å²) in [5.74, 6) is 2.01. The number of benzene rings is 1. The molecule has 3 aliphatic rings. The molecule has 1 amide bonds. The van der Waals surface area contributed by atoms with E-state index in [0.29, 0.717) is 31.2 Å². The zero-order valence-corrected chi connectivity index (χ0v) is 13.0. The van der Waals surface area contributed by atoms with Gasteiger partial charge in [-0.05, 0) is 37.5 Å². The van der Waals surface area contributed by atoms with Gasteiger partial charge in [-0.1, -0.05) is 6.07 Å². The second-order valence-electron chi connectivity index (χ2n) is 6.30. The van der Waals surface area contributed by atoms with Crippen LogP contribution in [0.4, 0.5) is 0 Å². The number of fused-ring (bicyclic) bond motifs is 2. The van der Waals surface area contributed by atoms with Gasteiger partial charge in [0.25, 0.3) is 0 Å². The molecule has 0 unspecified atom stereocenters. The summed E-state index contributed by atoms with van der Waals surface area (Å²) in [6.45, 7) is 5.22. The Morgan fingerprint density at radius 3 is 2.91 bits per heavy atom. The summed E-state index contributed by atoms with van der Waals surface area (Å²) >= 11 is 0. The minimum Gasteiger partial charge on any atom is -0.454 e. The molecule has 1 aromatic rings. The fourth-order valence-electron chi connectivity index (χ4n) is 4.12. The van der Waals surface area contributed by atoms with E-state index in [2.05, 4.69) is 28.9 Å². The summed E-state index contributed by atoms with van der Waals surface area (Å²) in [6, 6.07) is 7.10. The minimum atomic E-state index is 0.320. The highest BCUT2D eigenvalue weighted by molar-refractivity contribution is 5.77. The van der Waals surface area contributed by atoms with Crippen LogP contribution >= 0.6 is 0 Å². The van der Waals surface area contributed by atoms with Gasteiger partial charge >= 0.3 is 0 Å². The largest absolute Gasteiger partial charge is 0.454 e. The predicted octanol–water partition coefficient (Wildman–Crippen LogP) is 2.00. The topological polar surface area (TPSA) is 42.0 Å². The number of ether oxygens (including phenoxy) is 2. The summed E-state index contributed by atoms with van der Waals surface area (Å²) in [5.41, 5.74) is 1.25. The van der Waals surface area contributed by atoms with Gasteiger partial charge in [0.2, 0.25) is 12.7 Å². The Bertz CT molecular complexity index is 589. The van der Waals surface area contributed by atoms with Crippen LogP contribution in [0.3, 0.4) is 0 Å². The number of rotatable bonds is 3. The maximum Gasteiger partial charge on any atom is 0.231 e. The molecule has 0 radical (unpaired) electrons. The summed E-state index contributed by atoms with van der Waals surface area (Å²) in [5, 5.41) is 0. The molecule has 0 aromatic heterocycles. The molecule has 22 heavy (non-hydrogen) atoms. The maximum atomic E-state index is 12.0. The second kappa shape index (κ2) is 5.47. The normalized spacial score (nSPS) is 27.3. The van der Waals surface area contributed by atoms with E-state index in [1.54, 1.807) is 0 Å². The first-order chi connectivity index (χ1) is 10.8. The van der Waals surface area contributed by atoms with Crippen molar-refractivity contribution in [1.82, 2.24) is 9.80 Å². The Labute approximate surface area is 130 Å². The first kappa shape index (κ1) is 13.9. The van der Waals surface area contributed by atoms with Crippen molar-refractivity contribution in [1.29, 1.82) is 0 Å². The summed E-state index contributed by atoms with van der Waals surface area (Å²) < 4.78 is 10.8. The average molecular weight is 302 g/mol. The fourth-order valence-corrected chi connectivity index (χ4v) is 4.12. The molecule has 2 fully saturated rings. The van der Waals surface area contributed by atoms with Crippen molar-refractivity contribution in [2.24, 2.45) is 0 Å². The highest BCUT2D eigenvalue weighted by atomic mass is 16.7. The Morgan fingerprint density at radius 2 is 2.05 bits per heavy atom. The number of likely N-dealkylation sites (N-methyl/N-ethyl adjacent to an activating group) is 1. The average Bonchev–Trinajstić information content (AvgIpc) is 3.14. The Kier molecular flexibility index (Phi) is 3.45. The summed E-state index contributed by atoms with van der Waals surface area (Å²) in [7, 11) is 0. The van der Waals surface area contributed by atoms with Crippen molar-refractivity contribution >= 4 is 5.91 Å². The lowest BCUT2D eigenvalue weighted by atomic mass is 9.96. The molecule has 1 aromatic carbocycles. The molecular weight excluding hydrogens is 280 g/mol. The monoisotopic (exact) mass is 302 g/mol. The third-order valence-corrected chi connectivity index (χ3v) is 5.16. The van der Waals surface area contributed by atoms with Gasteiger partial charge in [0.1, 0.15) is 0 Å². The van der Waals surface area contributed by atoms with Crippen LogP contribution in [0.5, 0.6) is 11.5 Å². The maximum absolute atomic E-state index is 12.0. The van der Waals surface area contributed by atoms with Crippen LogP contribution in [0, 0.1) is 0 Å². The lowest BCUT2D eigenvalue weighted by Crippen LogP contribution is -2.51. The molecule has 2 atom stereocenters. The minimum absolute atomic E-state index is 0.320. The predicted molar refractivity (Wildman–Crippen MR) is 81.8 cm³/mol. The molecular formula is C17H22N2O3. The van der Waals surface area contributed by atoms with Gasteiger partial charge in [-0.15, -0.1) is 0 Å². The number of hydrogen-bond acceptors (Lipinski definition) is 4. The van der Waals surface area contributed by atoms with E-state index in [-0.39, 0.29) is 0 Å². The van der Waals surface area contributed by atoms with Crippen molar-refractivity contribution in [3.05, 3.63) is 23.8 Å². The SMILES string of the molecule is CCN1C(=O)CC[C@@H]2[C@H]1CCN2Cc1ccc2c(c1)OCO2. The van der Waals surface area contributed by atoms with Gasteiger partial charge in [0.15, 0.2) is 11.5 Å². The highest BCUT2D eigenvalue weighted by Gasteiger charge is 2.42. The smallest absolute Gasteiger partial charge is 0.231 e. The van der Waals surface area contributed by atoms with Crippen LogP contribution in [-0.4, -0.2) is 47.7 Å². The Hall–Kier alpha value is -1.75. The molecule has 0 bridgehead atoms. The third-order valence-electron chi connectivity index (χ3n) is 5.16. The van der Waals surface area contributed by atoms with Gasteiger partial charge < -0.3 is 14.4 Å². The standard InChI is InChI=1S/C17H22N2O3/c1-2-19-14-7-8-18(13(14)4-6-17(19)20)10-12-3-5-15-16(9-12)22-11-21-15/h3,5,9,13-14H,2,4,6-8,10-11H2,1H3/t13-,14-/m1/s1. The van der Waals surface area contributed by atoms with E-state index in [0.717, 1.165) is 44.0 Å². The van der Waals surface area contributed by atoms with E-state index in [4.69, 9.17) is 9.47 Å². The number of nitrogens with zero attached hydrogens (tertiary/aromatic N) is 2. The molecule has 0 spiro atoms. The van der Waals surface area contributed by atoms with E-state index in [9.17, 15) is 4.79 Å². The van der Waals surface area contributed by atoms with Gasteiger partial charge in [-0.25, -0.2) is 0 Å². The quantitative estimate of drug-likeness (QED) is 0.856. The number of carbonyl (C=O) groups excluding carboxylic acids is 1. The van der Waals surface area contributed by atoms with Crippen LogP contribution in [0.15, 0.2) is 18.2 Å². The van der Waals surface area contributed by atoms with E-state index in [1.807, 2.05) is 6.07 Å². The van der Waals surface area contributed by atoms with E-state index >= 15 is 0 Å². The lowest BCUT2D eigenvalue weighted by molar-refractivity contribution is -0.137. The summed E-state index contributed by atoms with van der Waals surface area (Å²) in [6.07, 6.45) is 2.77. The van der Waals surface area contributed by atoms with Gasteiger partial charge in [-0.3, -0.25) is 9.69 Å². The van der Waals surface area contributed by atoms with Crippen LogP contribution in [0.2, 0.25) is 0 Å². The van der Waals surface area contributed by atoms with Crippen molar-refractivity contribution in [2.75, 3.05) is 19.9 Å². The Morgan fingerprint density at radius 1 is 1.18 bits per heavy atom. The van der Waals surface area contributed by atoms with Crippen LogP contribution in [0.1, 0.15) is 31.7 Å². The van der Waals surface area contributed by atoms with Crippen LogP contribution in [0.25, 0.3) is 0 Å². The molecule has 4 rings (SSSR count). The number of carbonyl (C=O) groups is 1. The molecule has 0 aliphatic carbocycles. The van der Waals surface area contributed by atoms with E-state index in [1.165, 1.54) is 5.56 Å². The van der Waals surface area contributed by atoms with Crippen molar-refractivity contribution < 1.29 is 14.3 Å². The highest BCUT2D eigenvalue weighted by Crippen LogP contribution is 2.35. The van der Waals surface area contributed by atoms with Gasteiger partial charge in [0.05, 0.1) is 0 Å². The first-order valence-electron chi connectivity index (χ1n) is 8.18. The fraction of sp³-hybridized carbons (Fsp3) is 0.588. The Balaban J connectivity index is 1.49. The molecule has 0 N–H and O–H groups in total. The second-order valence-corrected chi connectivity index (χ2v) is 6.30. The molecule has 3 heterocycles. The zero-order valence-electron chi connectivity index (χ0n) is 13.0. The van der Waals surface area contributed by atoms with Crippen molar-refractivity contribution in [3.63, 3.8) is 0 Å². The molecule has 5 nitrogen and oxygen atoms in total. The summed E-state index contributed by atoms with van der Waals surface area (Å²) in [4.78, 5) is 16.6. The van der Waals surface area contributed by atoms with Gasteiger partial charge in [-0.2, -0.15) is 0 Å². The molecule has 5 heteroatoms. The van der Waals surface area contributed by atoms with Crippen LogP contribution < -0.4 is 9.47 Å². The number of piperidine rings is 1. The number of hydrogen-bond donors (Lipinski definition) is 0. The molecule has 0 saturated carbocycles. The zero-order chi connectivity index (χ0) is 15.1. The third kappa shape index (κ3) is 2.24. The molecule has 2 saturated heterocycles. The number of amides is 1. The molecule has 3 aliphatic heterocycles. The lowest BCUT2D eigenvalue weighted by Gasteiger charge is -2.39. The van der Waals surface area contributed by atoms with Crippen molar-refractivity contribution in [2.45, 2.75) is 44.8 Å². The molecule has 118 valence electrons. The number of likely N-dealkylation sites (tertiary alicyclic amines) is 2. The van der Waals surface area contributed by atoms with Gasteiger partial charge in [0, 0.05) is 38.1 Å². The first-order valence-corrected chi connectivity index (χ1v) is 8.18. The van der Waals surface area contributed by atoms with E-state index < -0.39 is 0 Å². The van der Waals surface area contributed by atoms with Crippen molar-refractivity contribution in [3.8, 4) is 11.5 Å². The van der Waals surface area contributed by atoms with Crippen LogP contribution in [-0.2, 0) is 11.3 Å².